The predicted octanol–water partition coefficient (Wildman–Crippen LogP) is 4.85. The maximum absolute atomic E-state index is 12.2. The Labute approximate surface area is 206 Å². The second-order valence-electron chi connectivity index (χ2n) is 9.54. The molecule has 1 fully saturated rings. The van der Waals surface area contributed by atoms with Crippen molar-refractivity contribution in [2.75, 3.05) is 13.2 Å². The number of alkyl carbamates (subject to hydrolysis) is 1. The summed E-state index contributed by atoms with van der Waals surface area (Å²) < 4.78 is 5.55. The van der Waals surface area contributed by atoms with Crippen LogP contribution in [0.2, 0.25) is 0 Å². The summed E-state index contributed by atoms with van der Waals surface area (Å²) in [7, 11) is 0. The molecule has 0 aromatic heterocycles. The van der Waals surface area contributed by atoms with Crippen LogP contribution in [-0.2, 0) is 14.3 Å². The number of carbonyl (C=O) groups excluding carboxylic acids is 2. The van der Waals surface area contributed by atoms with E-state index in [1.165, 1.54) is 22.3 Å². The van der Waals surface area contributed by atoms with Gasteiger partial charge in [0.2, 0.25) is 5.91 Å². The highest BCUT2D eigenvalue weighted by molar-refractivity contribution is 5.79. The van der Waals surface area contributed by atoms with Crippen molar-refractivity contribution in [1.29, 1.82) is 0 Å². The minimum Gasteiger partial charge on any atom is -0.481 e. The van der Waals surface area contributed by atoms with E-state index in [0.29, 0.717) is 32.4 Å². The standard InChI is InChI=1S/C28H34N2O5/c31-26(30-20-16-19(17-20)27(32)33)14-4-2-1-3-9-15-29-28(34)35-18-25-23-12-7-5-10-21(23)22-11-6-8-13-24(22)25/h5-8,10-13,19-20,25H,1-4,9,14-18H2,(H,29,34)(H,30,31)(H,32,33). The van der Waals surface area contributed by atoms with Crippen LogP contribution < -0.4 is 10.6 Å². The lowest BCUT2D eigenvalue weighted by Crippen LogP contribution is -2.46. The number of fused-ring (bicyclic) bond motifs is 3. The van der Waals surface area contributed by atoms with Crippen molar-refractivity contribution in [3.8, 4) is 11.1 Å². The molecule has 35 heavy (non-hydrogen) atoms. The largest absolute Gasteiger partial charge is 0.481 e. The quantitative estimate of drug-likeness (QED) is 0.379. The normalized spacial score (nSPS) is 18.2. The molecule has 2 amide bonds. The summed E-state index contributed by atoms with van der Waals surface area (Å²) in [6, 6.07) is 16.6. The summed E-state index contributed by atoms with van der Waals surface area (Å²) in [5, 5.41) is 14.6. The van der Waals surface area contributed by atoms with Crippen LogP contribution in [0.3, 0.4) is 0 Å². The minimum absolute atomic E-state index is 0.00996. The number of carboxylic acids is 1. The van der Waals surface area contributed by atoms with E-state index in [1.807, 2.05) is 24.3 Å². The van der Waals surface area contributed by atoms with Gasteiger partial charge in [-0.25, -0.2) is 4.79 Å². The van der Waals surface area contributed by atoms with Crippen molar-refractivity contribution in [1.82, 2.24) is 10.6 Å². The molecule has 0 spiro atoms. The van der Waals surface area contributed by atoms with Crippen molar-refractivity contribution in [3.63, 3.8) is 0 Å². The third-order valence-electron chi connectivity index (χ3n) is 7.05. The van der Waals surface area contributed by atoms with Gasteiger partial charge in [-0.15, -0.1) is 0 Å². The van der Waals surface area contributed by atoms with Gasteiger partial charge >= 0.3 is 12.1 Å². The van der Waals surface area contributed by atoms with Gasteiger partial charge in [-0.3, -0.25) is 9.59 Å². The number of carbonyl (C=O) groups is 3. The first kappa shape index (κ1) is 24.8. The smallest absolute Gasteiger partial charge is 0.407 e. The fraction of sp³-hybridized carbons (Fsp3) is 0.464. The van der Waals surface area contributed by atoms with E-state index in [0.717, 1.165) is 32.1 Å². The maximum Gasteiger partial charge on any atom is 0.407 e. The zero-order valence-electron chi connectivity index (χ0n) is 20.0. The van der Waals surface area contributed by atoms with Crippen LogP contribution in [0.5, 0.6) is 0 Å². The van der Waals surface area contributed by atoms with Crippen LogP contribution in [-0.4, -0.2) is 42.3 Å². The van der Waals surface area contributed by atoms with E-state index in [9.17, 15) is 14.4 Å². The second kappa shape index (κ2) is 11.9. The van der Waals surface area contributed by atoms with Gasteiger partial charge < -0.3 is 20.5 Å². The van der Waals surface area contributed by atoms with Crippen LogP contribution in [0.15, 0.2) is 48.5 Å². The molecule has 186 valence electrons. The van der Waals surface area contributed by atoms with E-state index in [-0.39, 0.29) is 29.9 Å². The first-order valence-electron chi connectivity index (χ1n) is 12.6. The highest BCUT2D eigenvalue weighted by Crippen LogP contribution is 2.44. The molecule has 2 aliphatic rings. The predicted molar refractivity (Wildman–Crippen MR) is 133 cm³/mol. The van der Waals surface area contributed by atoms with Gasteiger partial charge in [-0.2, -0.15) is 0 Å². The molecule has 0 aliphatic heterocycles. The van der Waals surface area contributed by atoms with Gasteiger partial charge in [0.25, 0.3) is 0 Å². The number of carboxylic acid groups (broad SMARTS) is 1. The van der Waals surface area contributed by atoms with E-state index in [2.05, 4.69) is 34.9 Å². The molecule has 7 heteroatoms. The molecule has 2 aliphatic carbocycles. The van der Waals surface area contributed by atoms with Gasteiger partial charge in [0.05, 0.1) is 5.92 Å². The summed E-state index contributed by atoms with van der Waals surface area (Å²) in [5.41, 5.74) is 4.83. The van der Waals surface area contributed by atoms with Crippen LogP contribution >= 0.6 is 0 Å². The molecule has 0 saturated heterocycles. The zero-order valence-corrected chi connectivity index (χ0v) is 20.0. The third-order valence-corrected chi connectivity index (χ3v) is 7.05. The number of unbranched alkanes of at least 4 members (excludes halogenated alkanes) is 4. The third kappa shape index (κ3) is 6.41. The lowest BCUT2D eigenvalue weighted by molar-refractivity contribution is -0.146. The van der Waals surface area contributed by atoms with Crippen molar-refractivity contribution in [2.24, 2.45) is 5.92 Å². The fourth-order valence-electron chi connectivity index (χ4n) is 5.02. The number of ether oxygens (including phenoxy) is 1. The molecule has 0 bridgehead atoms. The number of hydrogen-bond donors (Lipinski definition) is 3. The van der Waals surface area contributed by atoms with Crippen LogP contribution in [0.1, 0.15) is 68.4 Å². The topological polar surface area (TPSA) is 105 Å². The summed E-state index contributed by atoms with van der Waals surface area (Å²) >= 11 is 0. The summed E-state index contributed by atoms with van der Waals surface area (Å²) in [4.78, 5) is 34.9. The molecular formula is C28H34N2O5. The van der Waals surface area contributed by atoms with Gasteiger partial charge in [0, 0.05) is 24.9 Å². The molecule has 1 saturated carbocycles. The fourth-order valence-corrected chi connectivity index (χ4v) is 5.02. The monoisotopic (exact) mass is 478 g/mol. The molecule has 0 atom stereocenters. The lowest BCUT2D eigenvalue weighted by atomic mass is 9.80. The summed E-state index contributed by atoms with van der Waals surface area (Å²) in [6.07, 6.45) is 5.81. The van der Waals surface area contributed by atoms with Crippen molar-refractivity contribution in [2.45, 2.75) is 63.3 Å². The van der Waals surface area contributed by atoms with Crippen molar-refractivity contribution < 1.29 is 24.2 Å². The Morgan fingerprint density at radius 2 is 1.46 bits per heavy atom. The van der Waals surface area contributed by atoms with Gasteiger partial charge in [-0.05, 0) is 47.9 Å². The van der Waals surface area contributed by atoms with E-state index in [1.54, 1.807) is 0 Å². The molecule has 7 nitrogen and oxygen atoms in total. The van der Waals surface area contributed by atoms with E-state index >= 15 is 0 Å². The Hall–Kier alpha value is -3.35. The molecule has 0 unspecified atom stereocenters. The Morgan fingerprint density at radius 3 is 2.11 bits per heavy atom. The highest BCUT2D eigenvalue weighted by Gasteiger charge is 2.35. The van der Waals surface area contributed by atoms with E-state index in [4.69, 9.17) is 9.84 Å². The number of nitrogens with one attached hydrogen (secondary N) is 2. The molecular weight excluding hydrogens is 444 g/mol. The zero-order chi connectivity index (χ0) is 24.6. The number of aliphatic carboxylic acids is 1. The van der Waals surface area contributed by atoms with Crippen LogP contribution in [0, 0.1) is 5.92 Å². The Kier molecular flexibility index (Phi) is 8.40. The Bertz CT molecular complexity index is 1000. The number of benzene rings is 2. The van der Waals surface area contributed by atoms with Gasteiger partial charge in [-0.1, -0.05) is 67.8 Å². The molecule has 3 N–H and O–H groups in total. The van der Waals surface area contributed by atoms with E-state index < -0.39 is 5.97 Å². The molecule has 0 heterocycles. The highest BCUT2D eigenvalue weighted by atomic mass is 16.5. The SMILES string of the molecule is O=C(CCCCCCCNC(=O)OCC1c2ccccc2-c2ccccc21)NC1CC(C(=O)O)C1. The summed E-state index contributed by atoms with van der Waals surface area (Å²) in [5.74, 6) is -1.00. The second-order valence-corrected chi connectivity index (χ2v) is 9.54. The number of hydrogen-bond acceptors (Lipinski definition) is 4. The van der Waals surface area contributed by atoms with Gasteiger partial charge in [0.15, 0.2) is 0 Å². The first-order chi connectivity index (χ1) is 17.0. The first-order valence-corrected chi connectivity index (χ1v) is 12.6. The Balaban J connectivity index is 1.04. The molecule has 2 aromatic rings. The van der Waals surface area contributed by atoms with Crippen molar-refractivity contribution in [3.05, 3.63) is 59.7 Å². The number of amides is 2. The Morgan fingerprint density at radius 1 is 0.857 bits per heavy atom. The molecule has 4 rings (SSSR count). The molecule has 0 radical (unpaired) electrons. The maximum atomic E-state index is 12.2. The van der Waals surface area contributed by atoms with Crippen molar-refractivity contribution >= 4 is 18.0 Å². The molecule has 2 aromatic carbocycles. The minimum atomic E-state index is -0.774. The van der Waals surface area contributed by atoms with Gasteiger partial charge in [0.1, 0.15) is 6.61 Å². The summed E-state index contributed by atoms with van der Waals surface area (Å²) in [6.45, 7) is 0.892. The van der Waals surface area contributed by atoms with Crippen LogP contribution in [0.4, 0.5) is 4.79 Å². The average molecular weight is 479 g/mol. The average Bonchev–Trinajstić information content (AvgIpc) is 3.15. The lowest BCUT2D eigenvalue weighted by Gasteiger charge is -2.32. The van der Waals surface area contributed by atoms with Crippen LogP contribution in [0.25, 0.3) is 11.1 Å². The number of rotatable bonds is 12.